The Bertz CT molecular complexity index is 651. The van der Waals surface area contributed by atoms with Gasteiger partial charge in [-0.15, -0.1) is 0 Å². The summed E-state index contributed by atoms with van der Waals surface area (Å²) in [6.07, 6.45) is 0.951. The largest absolute Gasteiger partial charge is 0.307 e. The van der Waals surface area contributed by atoms with E-state index in [1.165, 1.54) is 11.1 Å². The van der Waals surface area contributed by atoms with Gasteiger partial charge in [0.25, 0.3) is 5.91 Å². The molecule has 0 N–H and O–H groups in total. The first-order chi connectivity index (χ1) is 9.18. The van der Waals surface area contributed by atoms with Crippen molar-refractivity contribution in [3.05, 3.63) is 62.7 Å². The third-order valence-electron chi connectivity index (χ3n) is 3.55. The lowest BCUT2D eigenvalue weighted by Crippen LogP contribution is -2.30. The van der Waals surface area contributed by atoms with Gasteiger partial charge in [0, 0.05) is 10.1 Å². The highest BCUT2D eigenvalue weighted by molar-refractivity contribution is 14.1. The molecule has 96 valence electrons. The SMILES string of the molecule is Cc1cccc2c1N(C(=O)c1ccccc1I)CC2. The molecule has 0 bridgehead atoms. The van der Waals surface area contributed by atoms with E-state index in [-0.39, 0.29) is 5.91 Å². The highest BCUT2D eigenvalue weighted by atomic mass is 127. The lowest BCUT2D eigenvalue weighted by atomic mass is 10.1. The fraction of sp³-hybridized carbons (Fsp3) is 0.188. The van der Waals surface area contributed by atoms with Gasteiger partial charge in [0.15, 0.2) is 0 Å². The van der Waals surface area contributed by atoms with Crippen molar-refractivity contribution in [2.75, 3.05) is 11.4 Å². The fourth-order valence-electron chi connectivity index (χ4n) is 2.63. The van der Waals surface area contributed by atoms with Gasteiger partial charge < -0.3 is 4.90 Å². The van der Waals surface area contributed by atoms with Gasteiger partial charge in [0.05, 0.1) is 11.3 Å². The number of hydrogen-bond acceptors (Lipinski definition) is 1. The molecule has 0 fully saturated rings. The van der Waals surface area contributed by atoms with Gasteiger partial charge in [-0.2, -0.15) is 0 Å². The molecule has 1 aliphatic heterocycles. The van der Waals surface area contributed by atoms with Gasteiger partial charge in [0.2, 0.25) is 0 Å². The maximum Gasteiger partial charge on any atom is 0.259 e. The number of benzene rings is 2. The Balaban J connectivity index is 2.03. The van der Waals surface area contributed by atoms with Crippen LogP contribution < -0.4 is 4.90 Å². The average molecular weight is 363 g/mol. The average Bonchev–Trinajstić information content (AvgIpc) is 2.84. The van der Waals surface area contributed by atoms with Crippen molar-refractivity contribution in [3.8, 4) is 0 Å². The molecule has 0 radical (unpaired) electrons. The van der Waals surface area contributed by atoms with Crippen LogP contribution in [0.15, 0.2) is 42.5 Å². The molecule has 3 heteroatoms. The van der Waals surface area contributed by atoms with Crippen LogP contribution in [0.3, 0.4) is 0 Å². The van der Waals surface area contributed by atoms with Gasteiger partial charge in [-0.3, -0.25) is 4.79 Å². The molecule has 1 aliphatic rings. The summed E-state index contributed by atoms with van der Waals surface area (Å²) in [6.45, 7) is 2.85. The highest BCUT2D eigenvalue weighted by Crippen LogP contribution is 2.32. The molecule has 0 aliphatic carbocycles. The molecule has 1 heterocycles. The Morgan fingerprint density at radius 2 is 1.95 bits per heavy atom. The molecule has 0 spiro atoms. The quantitative estimate of drug-likeness (QED) is 0.706. The highest BCUT2D eigenvalue weighted by Gasteiger charge is 2.27. The number of fused-ring (bicyclic) bond motifs is 1. The van der Waals surface area contributed by atoms with Gasteiger partial charge in [0.1, 0.15) is 0 Å². The molecule has 19 heavy (non-hydrogen) atoms. The van der Waals surface area contributed by atoms with E-state index in [0.29, 0.717) is 0 Å². The second-order valence-corrected chi connectivity index (χ2v) is 5.93. The zero-order valence-corrected chi connectivity index (χ0v) is 12.8. The Morgan fingerprint density at radius 3 is 2.74 bits per heavy atom. The Morgan fingerprint density at radius 1 is 1.16 bits per heavy atom. The van der Waals surface area contributed by atoms with Gasteiger partial charge in [-0.05, 0) is 59.2 Å². The van der Waals surface area contributed by atoms with E-state index in [4.69, 9.17) is 0 Å². The third kappa shape index (κ3) is 2.16. The monoisotopic (exact) mass is 363 g/mol. The van der Waals surface area contributed by atoms with Crippen LogP contribution in [0, 0.1) is 10.5 Å². The van der Waals surface area contributed by atoms with E-state index in [2.05, 4.69) is 47.7 Å². The number of carbonyl (C=O) groups is 1. The van der Waals surface area contributed by atoms with E-state index in [1.807, 2.05) is 29.2 Å². The predicted molar refractivity (Wildman–Crippen MR) is 85.7 cm³/mol. The first-order valence-electron chi connectivity index (χ1n) is 6.33. The summed E-state index contributed by atoms with van der Waals surface area (Å²) in [7, 11) is 0. The van der Waals surface area contributed by atoms with Crippen LogP contribution in [0.4, 0.5) is 5.69 Å². The zero-order chi connectivity index (χ0) is 13.4. The normalized spacial score (nSPS) is 13.5. The summed E-state index contributed by atoms with van der Waals surface area (Å²) in [5, 5.41) is 0. The summed E-state index contributed by atoms with van der Waals surface area (Å²) in [5.74, 6) is 0.109. The minimum atomic E-state index is 0.109. The summed E-state index contributed by atoms with van der Waals surface area (Å²) in [5.41, 5.74) is 4.35. The maximum atomic E-state index is 12.7. The fourth-order valence-corrected chi connectivity index (χ4v) is 3.25. The number of anilines is 1. The first kappa shape index (κ1) is 12.7. The van der Waals surface area contributed by atoms with Gasteiger partial charge >= 0.3 is 0 Å². The molecule has 2 aromatic rings. The number of aryl methyl sites for hydroxylation is 1. The van der Waals surface area contributed by atoms with Crippen molar-refractivity contribution in [2.24, 2.45) is 0 Å². The van der Waals surface area contributed by atoms with Crippen LogP contribution in [0.1, 0.15) is 21.5 Å². The number of carbonyl (C=O) groups excluding carboxylic acids is 1. The molecule has 2 aromatic carbocycles. The summed E-state index contributed by atoms with van der Waals surface area (Å²) in [4.78, 5) is 14.6. The van der Waals surface area contributed by atoms with Crippen molar-refractivity contribution in [2.45, 2.75) is 13.3 Å². The number of amides is 1. The minimum absolute atomic E-state index is 0.109. The van der Waals surface area contributed by atoms with Gasteiger partial charge in [-0.1, -0.05) is 30.3 Å². The smallest absolute Gasteiger partial charge is 0.259 e. The molecule has 0 aromatic heterocycles. The molecule has 0 atom stereocenters. The standard InChI is InChI=1S/C16H14INO/c1-11-5-4-6-12-9-10-18(15(11)12)16(19)13-7-2-3-8-14(13)17/h2-8H,9-10H2,1H3. The topological polar surface area (TPSA) is 20.3 Å². The molecule has 2 nitrogen and oxygen atoms in total. The third-order valence-corrected chi connectivity index (χ3v) is 4.49. The van der Waals surface area contributed by atoms with E-state index in [0.717, 1.165) is 27.8 Å². The van der Waals surface area contributed by atoms with Crippen molar-refractivity contribution < 1.29 is 4.79 Å². The van der Waals surface area contributed by atoms with Crippen molar-refractivity contribution in [1.29, 1.82) is 0 Å². The predicted octanol–water partition coefficient (Wildman–Crippen LogP) is 3.80. The number of rotatable bonds is 1. The van der Waals surface area contributed by atoms with Gasteiger partial charge in [-0.25, -0.2) is 0 Å². The van der Waals surface area contributed by atoms with Crippen LogP contribution in [0.2, 0.25) is 0 Å². The lowest BCUT2D eigenvalue weighted by Gasteiger charge is -2.20. The van der Waals surface area contributed by atoms with E-state index < -0.39 is 0 Å². The number of halogens is 1. The maximum absolute atomic E-state index is 12.7. The van der Waals surface area contributed by atoms with E-state index in [9.17, 15) is 4.79 Å². The Labute approximate surface area is 126 Å². The van der Waals surface area contributed by atoms with Crippen molar-refractivity contribution in [1.82, 2.24) is 0 Å². The lowest BCUT2D eigenvalue weighted by molar-refractivity contribution is 0.0988. The summed E-state index contributed by atoms with van der Waals surface area (Å²) < 4.78 is 1.01. The minimum Gasteiger partial charge on any atom is -0.307 e. The summed E-state index contributed by atoms with van der Waals surface area (Å²) in [6, 6.07) is 14.0. The second kappa shape index (κ2) is 4.96. The molecule has 0 saturated carbocycles. The Hall–Kier alpha value is -1.36. The Kier molecular flexibility index (Phi) is 3.31. The molecular weight excluding hydrogens is 349 g/mol. The van der Waals surface area contributed by atoms with Crippen LogP contribution >= 0.6 is 22.6 Å². The van der Waals surface area contributed by atoms with E-state index >= 15 is 0 Å². The number of para-hydroxylation sites is 1. The van der Waals surface area contributed by atoms with Crippen LogP contribution in [-0.4, -0.2) is 12.5 Å². The second-order valence-electron chi connectivity index (χ2n) is 4.77. The molecular formula is C16H14INO. The number of nitrogens with zero attached hydrogens (tertiary/aromatic N) is 1. The molecule has 0 saturated heterocycles. The number of hydrogen-bond donors (Lipinski definition) is 0. The first-order valence-corrected chi connectivity index (χ1v) is 7.41. The molecule has 0 unspecified atom stereocenters. The molecule has 3 rings (SSSR count). The molecule has 1 amide bonds. The van der Waals surface area contributed by atoms with Crippen molar-refractivity contribution >= 4 is 34.2 Å². The van der Waals surface area contributed by atoms with Crippen LogP contribution in [-0.2, 0) is 6.42 Å². The zero-order valence-electron chi connectivity index (χ0n) is 10.7. The van der Waals surface area contributed by atoms with Crippen LogP contribution in [0.25, 0.3) is 0 Å². The summed E-state index contributed by atoms with van der Waals surface area (Å²) >= 11 is 2.22. The van der Waals surface area contributed by atoms with Crippen LogP contribution in [0.5, 0.6) is 0 Å². The van der Waals surface area contributed by atoms with Crippen molar-refractivity contribution in [3.63, 3.8) is 0 Å². The van der Waals surface area contributed by atoms with E-state index in [1.54, 1.807) is 0 Å².